The highest BCUT2D eigenvalue weighted by Gasteiger charge is 2.22. The van der Waals surface area contributed by atoms with E-state index in [4.69, 9.17) is 9.73 Å². The molecule has 0 radical (unpaired) electrons. The zero-order chi connectivity index (χ0) is 21.3. The maximum absolute atomic E-state index is 6.03. The van der Waals surface area contributed by atoms with Crippen LogP contribution in [0.4, 0.5) is 0 Å². The lowest BCUT2D eigenvalue weighted by molar-refractivity contribution is 0.296. The number of rotatable bonds is 10. The lowest BCUT2D eigenvalue weighted by Gasteiger charge is -2.14. The molecule has 2 aromatic carbocycles. The van der Waals surface area contributed by atoms with Crippen LogP contribution in [0.2, 0.25) is 0 Å². The Morgan fingerprint density at radius 3 is 2.65 bits per heavy atom. The van der Waals surface area contributed by atoms with Gasteiger partial charge in [-0.1, -0.05) is 42.5 Å². The van der Waals surface area contributed by atoms with Gasteiger partial charge >= 0.3 is 0 Å². The minimum Gasteiger partial charge on any atom is -0.493 e. The van der Waals surface area contributed by atoms with Crippen molar-refractivity contribution in [2.45, 2.75) is 39.4 Å². The summed E-state index contributed by atoms with van der Waals surface area (Å²) in [7, 11) is 0. The Hall–Kier alpha value is -3.28. The van der Waals surface area contributed by atoms with E-state index in [-0.39, 0.29) is 0 Å². The van der Waals surface area contributed by atoms with Gasteiger partial charge in [0.15, 0.2) is 5.96 Å². The predicted octanol–water partition coefficient (Wildman–Crippen LogP) is 3.98. The van der Waals surface area contributed by atoms with Crippen LogP contribution in [0.1, 0.15) is 36.5 Å². The van der Waals surface area contributed by atoms with E-state index in [1.165, 1.54) is 24.0 Å². The summed E-state index contributed by atoms with van der Waals surface area (Å²) in [5, 5.41) is 6.77. The summed E-state index contributed by atoms with van der Waals surface area (Å²) in [5.41, 5.74) is 3.58. The molecular formula is C25H31N5O. The van der Waals surface area contributed by atoms with E-state index < -0.39 is 0 Å². The van der Waals surface area contributed by atoms with E-state index >= 15 is 0 Å². The van der Waals surface area contributed by atoms with Crippen molar-refractivity contribution in [3.8, 4) is 5.75 Å². The summed E-state index contributed by atoms with van der Waals surface area (Å²) in [6, 6.07) is 16.8. The number of nitrogens with one attached hydrogen (secondary N) is 2. The Kier molecular flexibility index (Phi) is 7.21. The van der Waals surface area contributed by atoms with Gasteiger partial charge in [0.1, 0.15) is 5.75 Å². The third-order valence-electron chi connectivity index (χ3n) is 5.30. The van der Waals surface area contributed by atoms with Crippen molar-refractivity contribution in [1.29, 1.82) is 0 Å². The first kappa shape index (κ1) is 21.0. The molecule has 0 saturated heterocycles. The van der Waals surface area contributed by atoms with Crippen LogP contribution in [0, 0.1) is 5.92 Å². The van der Waals surface area contributed by atoms with Crippen molar-refractivity contribution in [2.24, 2.45) is 10.9 Å². The first-order valence-corrected chi connectivity index (χ1v) is 11.1. The lowest BCUT2D eigenvalue weighted by Crippen LogP contribution is -2.36. The van der Waals surface area contributed by atoms with Gasteiger partial charge in [0.05, 0.1) is 19.5 Å². The maximum atomic E-state index is 6.03. The number of para-hydroxylation sites is 1. The fraction of sp³-hybridized carbons (Fsp3) is 0.360. The summed E-state index contributed by atoms with van der Waals surface area (Å²) in [6.45, 7) is 5.85. The molecule has 6 heteroatoms. The van der Waals surface area contributed by atoms with Gasteiger partial charge in [0, 0.05) is 37.6 Å². The van der Waals surface area contributed by atoms with Crippen molar-refractivity contribution in [1.82, 2.24) is 20.2 Å². The zero-order valence-electron chi connectivity index (χ0n) is 18.1. The quantitative estimate of drug-likeness (QED) is 0.387. The molecule has 1 fully saturated rings. The molecule has 162 valence electrons. The molecular weight excluding hydrogens is 386 g/mol. The van der Waals surface area contributed by atoms with E-state index in [1.807, 2.05) is 18.6 Å². The highest BCUT2D eigenvalue weighted by molar-refractivity contribution is 5.79. The summed E-state index contributed by atoms with van der Waals surface area (Å²) < 4.78 is 8.09. The Morgan fingerprint density at radius 1 is 1.10 bits per heavy atom. The molecule has 2 N–H and O–H groups in total. The summed E-state index contributed by atoms with van der Waals surface area (Å²) in [5.74, 6) is 2.51. The molecule has 0 unspecified atom stereocenters. The van der Waals surface area contributed by atoms with Crippen molar-refractivity contribution in [3.05, 3.63) is 83.9 Å². The number of aliphatic imine (C=N–C) groups is 1. The molecule has 1 saturated carbocycles. The second-order valence-electron chi connectivity index (χ2n) is 7.96. The molecule has 1 heterocycles. The largest absolute Gasteiger partial charge is 0.493 e. The number of aromatic nitrogens is 2. The number of hydrogen-bond donors (Lipinski definition) is 2. The molecule has 1 aliphatic rings. The zero-order valence-corrected chi connectivity index (χ0v) is 18.1. The normalized spacial score (nSPS) is 13.8. The van der Waals surface area contributed by atoms with Gasteiger partial charge in [-0.2, -0.15) is 0 Å². The third kappa shape index (κ3) is 6.60. The van der Waals surface area contributed by atoms with Gasteiger partial charge in [-0.25, -0.2) is 9.98 Å². The Bertz CT molecular complexity index is 962. The molecule has 0 atom stereocenters. The van der Waals surface area contributed by atoms with Gasteiger partial charge in [-0.05, 0) is 42.9 Å². The highest BCUT2D eigenvalue weighted by atomic mass is 16.5. The third-order valence-corrected chi connectivity index (χ3v) is 5.30. The van der Waals surface area contributed by atoms with Crippen LogP contribution < -0.4 is 15.4 Å². The van der Waals surface area contributed by atoms with Crippen molar-refractivity contribution >= 4 is 5.96 Å². The molecule has 1 aromatic heterocycles. The number of nitrogens with zero attached hydrogens (tertiary/aromatic N) is 3. The van der Waals surface area contributed by atoms with Crippen LogP contribution in [0.15, 0.2) is 72.2 Å². The van der Waals surface area contributed by atoms with E-state index in [1.54, 1.807) is 6.20 Å². The average molecular weight is 418 g/mol. The topological polar surface area (TPSA) is 63.5 Å². The highest BCUT2D eigenvalue weighted by Crippen LogP contribution is 2.30. The molecule has 0 bridgehead atoms. The number of guanidine groups is 1. The van der Waals surface area contributed by atoms with Crippen LogP contribution >= 0.6 is 0 Å². The van der Waals surface area contributed by atoms with Gasteiger partial charge < -0.3 is 19.9 Å². The van der Waals surface area contributed by atoms with Gasteiger partial charge in [-0.15, -0.1) is 0 Å². The molecule has 4 rings (SSSR count). The van der Waals surface area contributed by atoms with Crippen LogP contribution in [0.25, 0.3) is 0 Å². The van der Waals surface area contributed by atoms with Crippen molar-refractivity contribution in [2.75, 3.05) is 13.2 Å². The smallest absolute Gasteiger partial charge is 0.191 e. The number of ether oxygens (including phenoxy) is 1. The summed E-state index contributed by atoms with van der Waals surface area (Å²) >= 11 is 0. The monoisotopic (exact) mass is 417 g/mol. The van der Waals surface area contributed by atoms with Crippen molar-refractivity contribution < 1.29 is 4.74 Å². The molecule has 1 aliphatic carbocycles. The molecule has 3 aromatic rings. The standard InChI is InChI=1S/C25H31N5O/c1-2-27-25(29-16-23-5-3-4-6-24(23)31-18-22-11-12-22)28-15-20-7-9-21(10-8-20)17-30-14-13-26-19-30/h3-10,13-14,19,22H,2,11-12,15-18H2,1H3,(H2,27,28,29). The fourth-order valence-electron chi connectivity index (χ4n) is 3.32. The van der Waals surface area contributed by atoms with Crippen LogP contribution in [0.3, 0.4) is 0 Å². The number of benzene rings is 2. The lowest BCUT2D eigenvalue weighted by atomic mass is 10.1. The summed E-state index contributed by atoms with van der Waals surface area (Å²) in [4.78, 5) is 8.85. The van der Waals surface area contributed by atoms with E-state index in [0.29, 0.717) is 13.1 Å². The van der Waals surface area contributed by atoms with Gasteiger partial charge in [0.25, 0.3) is 0 Å². The Morgan fingerprint density at radius 2 is 1.90 bits per heavy atom. The fourth-order valence-corrected chi connectivity index (χ4v) is 3.32. The Labute approximate surface area is 184 Å². The second-order valence-corrected chi connectivity index (χ2v) is 7.96. The van der Waals surface area contributed by atoms with Gasteiger partial charge in [0.2, 0.25) is 0 Å². The average Bonchev–Trinajstić information content (AvgIpc) is 3.49. The molecule has 0 amide bonds. The number of hydrogen-bond acceptors (Lipinski definition) is 3. The van der Waals surface area contributed by atoms with Crippen LogP contribution in [-0.2, 0) is 19.6 Å². The van der Waals surface area contributed by atoms with Crippen LogP contribution in [0.5, 0.6) is 5.75 Å². The Balaban J connectivity index is 1.33. The van der Waals surface area contributed by atoms with E-state index in [2.05, 4.69) is 69.6 Å². The first-order chi connectivity index (χ1) is 15.3. The number of imidazole rings is 1. The minimum absolute atomic E-state index is 0.626. The summed E-state index contributed by atoms with van der Waals surface area (Å²) in [6.07, 6.45) is 8.20. The maximum Gasteiger partial charge on any atom is 0.191 e. The van der Waals surface area contributed by atoms with Crippen molar-refractivity contribution in [3.63, 3.8) is 0 Å². The second kappa shape index (κ2) is 10.7. The minimum atomic E-state index is 0.626. The van der Waals surface area contributed by atoms with E-state index in [9.17, 15) is 0 Å². The molecule has 0 spiro atoms. The van der Waals surface area contributed by atoms with Crippen LogP contribution in [-0.4, -0.2) is 28.7 Å². The predicted molar refractivity (Wildman–Crippen MR) is 124 cm³/mol. The molecule has 0 aliphatic heterocycles. The molecule has 6 nitrogen and oxygen atoms in total. The molecule has 31 heavy (non-hydrogen) atoms. The van der Waals surface area contributed by atoms with Gasteiger partial charge in [-0.3, -0.25) is 0 Å². The van der Waals surface area contributed by atoms with E-state index in [0.717, 1.165) is 42.9 Å². The first-order valence-electron chi connectivity index (χ1n) is 11.1. The SMILES string of the molecule is CCNC(=NCc1ccc(Cn2ccnc2)cc1)NCc1ccccc1OCC1CC1.